The van der Waals surface area contributed by atoms with E-state index in [9.17, 15) is 0 Å². The summed E-state index contributed by atoms with van der Waals surface area (Å²) in [6.07, 6.45) is 4.13. The molecular weight excluding hydrogens is 238 g/mol. The van der Waals surface area contributed by atoms with E-state index in [1.54, 1.807) is 0 Å². The van der Waals surface area contributed by atoms with Crippen molar-refractivity contribution < 1.29 is 4.74 Å². The lowest BCUT2D eigenvalue weighted by molar-refractivity contribution is 0.115. The summed E-state index contributed by atoms with van der Waals surface area (Å²) in [6, 6.07) is 0. The predicted molar refractivity (Wildman–Crippen MR) is 68.6 cm³/mol. The summed E-state index contributed by atoms with van der Waals surface area (Å²) in [5.41, 5.74) is 0.939. The van der Waals surface area contributed by atoms with E-state index in [2.05, 4.69) is 21.8 Å². The number of aromatic nitrogens is 2. The van der Waals surface area contributed by atoms with Crippen molar-refractivity contribution in [3.63, 3.8) is 0 Å². The molecule has 1 aliphatic rings. The maximum absolute atomic E-state index is 6.02. The molecule has 0 amide bonds. The standard InChI is InChI=1S/C12H18ClN3O/c1-3-16(7-10-5-4-6-17-10)12-9(2)11(13)14-8-15-12/h8,10H,3-7H2,1-2H3. The van der Waals surface area contributed by atoms with Crippen molar-refractivity contribution in [1.82, 2.24) is 9.97 Å². The topological polar surface area (TPSA) is 38.2 Å². The first-order valence-corrected chi connectivity index (χ1v) is 6.43. The van der Waals surface area contributed by atoms with Crippen LogP contribution in [0.3, 0.4) is 0 Å². The third-order valence-electron chi connectivity index (χ3n) is 3.13. The van der Waals surface area contributed by atoms with E-state index in [1.165, 1.54) is 6.33 Å². The van der Waals surface area contributed by atoms with Gasteiger partial charge in [0.2, 0.25) is 0 Å². The number of hydrogen-bond acceptors (Lipinski definition) is 4. The normalized spacial score (nSPS) is 19.6. The number of likely N-dealkylation sites (N-methyl/N-ethyl adjacent to an activating group) is 1. The minimum absolute atomic E-state index is 0.322. The van der Waals surface area contributed by atoms with Crippen LogP contribution in [0.25, 0.3) is 0 Å². The van der Waals surface area contributed by atoms with Crippen molar-refractivity contribution in [3.05, 3.63) is 17.0 Å². The number of anilines is 1. The van der Waals surface area contributed by atoms with E-state index in [1.807, 2.05) is 6.92 Å². The first kappa shape index (κ1) is 12.6. The third kappa shape index (κ3) is 2.87. The maximum atomic E-state index is 6.02. The van der Waals surface area contributed by atoms with Gasteiger partial charge in [0.1, 0.15) is 17.3 Å². The minimum Gasteiger partial charge on any atom is -0.376 e. The van der Waals surface area contributed by atoms with E-state index in [-0.39, 0.29) is 0 Å². The van der Waals surface area contributed by atoms with Gasteiger partial charge in [-0.25, -0.2) is 9.97 Å². The van der Waals surface area contributed by atoms with E-state index < -0.39 is 0 Å². The molecule has 5 heteroatoms. The highest BCUT2D eigenvalue weighted by molar-refractivity contribution is 6.30. The fourth-order valence-electron chi connectivity index (χ4n) is 2.14. The molecule has 1 unspecified atom stereocenters. The highest BCUT2D eigenvalue weighted by Crippen LogP contribution is 2.23. The second-order valence-electron chi connectivity index (χ2n) is 4.29. The van der Waals surface area contributed by atoms with Gasteiger partial charge in [-0.2, -0.15) is 0 Å². The summed E-state index contributed by atoms with van der Waals surface area (Å²) in [6.45, 7) is 6.73. The van der Waals surface area contributed by atoms with Gasteiger partial charge in [0.15, 0.2) is 0 Å². The van der Waals surface area contributed by atoms with Gasteiger partial charge >= 0.3 is 0 Å². The Bertz CT molecular complexity index is 380. The number of rotatable bonds is 4. The Morgan fingerprint density at radius 3 is 3.00 bits per heavy atom. The molecule has 1 fully saturated rings. The first-order valence-electron chi connectivity index (χ1n) is 6.06. The van der Waals surface area contributed by atoms with Crippen molar-refractivity contribution in [2.45, 2.75) is 32.8 Å². The van der Waals surface area contributed by atoms with Crippen LogP contribution in [-0.4, -0.2) is 35.8 Å². The van der Waals surface area contributed by atoms with Gasteiger partial charge in [-0.1, -0.05) is 11.6 Å². The van der Waals surface area contributed by atoms with Crippen LogP contribution in [0.2, 0.25) is 5.15 Å². The molecule has 1 aromatic rings. The number of halogens is 1. The number of nitrogens with zero attached hydrogens (tertiary/aromatic N) is 3. The van der Waals surface area contributed by atoms with Gasteiger partial charge in [0, 0.05) is 25.3 Å². The highest BCUT2D eigenvalue weighted by Gasteiger charge is 2.20. The largest absolute Gasteiger partial charge is 0.376 e. The Labute approximate surface area is 107 Å². The fraction of sp³-hybridized carbons (Fsp3) is 0.667. The van der Waals surface area contributed by atoms with Crippen LogP contribution in [0, 0.1) is 6.92 Å². The van der Waals surface area contributed by atoms with Crippen LogP contribution in [0.5, 0.6) is 0 Å². The maximum Gasteiger partial charge on any atom is 0.137 e. The monoisotopic (exact) mass is 255 g/mol. The molecule has 1 aliphatic heterocycles. The Morgan fingerprint density at radius 2 is 2.35 bits per heavy atom. The van der Waals surface area contributed by atoms with E-state index >= 15 is 0 Å². The van der Waals surface area contributed by atoms with Gasteiger partial charge in [-0.3, -0.25) is 0 Å². The molecule has 2 rings (SSSR count). The van der Waals surface area contributed by atoms with Gasteiger partial charge in [-0.15, -0.1) is 0 Å². The van der Waals surface area contributed by atoms with Crippen molar-refractivity contribution in [3.8, 4) is 0 Å². The second-order valence-corrected chi connectivity index (χ2v) is 4.64. The molecule has 0 aliphatic carbocycles. The molecule has 0 spiro atoms. The zero-order valence-corrected chi connectivity index (χ0v) is 11.1. The van der Waals surface area contributed by atoms with Crippen LogP contribution in [0.1, 0.15) is 25.3 Å². The SMILES string of the molecule is CCN(CC1CCCO1)c1ncnc(Cl)c1C. The Kier molecular flexibility index (Phi) is 4.18. The molecule has 17 heavy (non-hydrogen) atoms. The molecule has 0 N–H and O–H groups in total. The van der Waals surface area contributed by atoms with Crippen LogP contribution < -0.4 is 4.90 Å². The average molecular weight is 256 g/mol. The lowest BCUT2D eigenvalue weighted by Crippen LogP contribution is -2.33. The molecule has 0 bridgehead atoms. The molecule has 94 valence electrons. The predicted octanol–water partition coefficient (Wildman–Crippen LogP) is 2.44. The summed E-state index contributed by atoms with van der Waals surface area (Å²) < 4.78 is 5.66. The zero-order chi connectivity index (χ0) is 12.3. The Morgan fingerprint density at radius 1 is 1.53 bits per heavy atom. The van der Waals surface area contributed by atoms with Gasteiger partial charge in [-0.05, 0) is 26.7 Å². The summed E-state index contributed by atoms with van der Waals surface area (Å²) in [5.74, 6) is 0.919. The number of ether oxygens (including phenoxy) is 1. The number of hydrogen-bond donors (Lipinski definition) is 0. The lowest BCUT2D eigenvalue weighted by atomic mass is 10.2. The molecular formula is C12H18ClN3O. The summed E-state index contributed by atoms with van der Waals surface area (Å²) in [4.78, 5) is 10.5. The Balaban J connectivity index is 2.13. The second kappa shape index (κ2) is 5.65. The van der Waals surface area contributed by atoms with Crippen molar-refractivity contribution in [1.29, 1.82) is 0 Å². The highest BCUT2D eigenvalue weighted by atomic mass is 35.5. The summed E-state index contributed by atoms with van der Waals surface area (Å²) in [5, 5.41) is 0.529. The summed E-state index contributed by atoms with van der Waals surface area (Å²) >= 11 is 6.02. The van der Waals surface area contributed by atoms with Crippen LogP contribution in [0.4, 0.5) is 5.82 Å². The molecule has 0 saturated carbocycles. The Hall–Kier alpha value is -0.870. The van der Waals surface area contributed by atoms with Gasteiger partial charge in [0.25, 0.3) is 0 Å². The minimum atomic E-state index is 0.322. The van der Waals surface area contributed by atoms with E-state index in [0.717, 1.165) is 43.9 Å². The van der Waals surface area contributed by atoms with Crippen LogP contribution in [-0.2, 0) is 4.74 Å². The van der Waals surface area contributed by atoms with Crippen molar-refractivity contribution in [2.75, 3.05) is 24.6 Å². The van der Waals surface area contributed by atoms with E-state index in [4.69, 9.17) is 16.3 Å². The lowest BCUT2D eigenvalue weighted by Gasteiger charge is -2.26. The summed E-state index contributed by atoms with van der Waals surface area (Å²) in [7, 11) is 0. The van der Waals surface area contributed by atoms with Crippen LogP contribution >= 0.6 is 11.6 Å². The molecule has 2 heterocycles. The smallest absolute Gasteiger partial charge is 0.137 e. The molecule has 1 saturated heterocycles. The molecule has 0 aromatic carbocycles. The van der Waals surface area contributed by atoms with Gasteiger partial charge in [0.05, 0.1) is 6.10 Å². The molecule has 1 atom stereocenters. The van der Waals surface area contributed by atoms with E-state index in [0.29, 0.717) is 11.3 Å². The fourth-order valence-corrected chi connectivity index (χ4v) is 2.27. The van der Waals surface area contributed by atoms with Crippen molar-refractivity contribution in [2.24, 2.45) is 0 Å². The molecule has 1 aromatic heterocycles. The quantitative estimate of drug-likeness (QED) is 0.775. The van der Waals surface area contributed by atoms with Gasteiger partial charge < -0.3 is 9.64 Å². The molecule has 4 nitrogen and oxygen atoms in total. The van der Waals surface area contributed by atoms with Crippen molar-refractivity contribution >= 4 is 17.4 Å². The molecule has 0 radical (unpaired) electrons. The first-order chi connectivity index (χ1) is 8.22. The average Bonchev–Trinajstić information content (AvgIpc) is 2.83. The third-order valence-corrected chi connectivity index (χ3v) is 3.51. The zero-order valence-electron chi connectivity index (χ0n) is 10.3. The van der Waals surface area contributed by atoms with Crippen LogP contribution in [0.15, 0.2) is 6.33 Å².